The van der Waals surface area contributed by atoms with E-state index in [-0.39, 0.29) is 31.3 Å². The van der Waals surface area contributed by atoms with Crippen LogP contribution >= 0.6 is 0 Å². The number of esters is 1. The van der Waals surface area contributed by atoms with E-state index in [1.54, 1.807) is 6.08 Å². The summed E-state index contributed by atoms with van der Waals surface area (Å²) in [6, 6.07) is -0.760. The highest BCUT2D eigenvalue weighted by molar-refractivity contribution is 5.78. The highest BCUT2D eigenvalue weighted by atomic mass is 16.5. The second-order valence-corrected chi connectivity index (χ2v) is 15.5. The van der Waals surface area contributed by atoms with Gasteiger partial charge in [0.2, 0.25) is 5.91 Å². The van der Waals surface area contributed by atoms with Gasteiger partial charge >= 0.3 is 5.97 Å². The van der Waals surface area contributed by atoms with E-state index < -0.39 is 18.2 Å². The van der Waals surface area contributed by atoms with Crippen molar-refractivity contribution in [3.63, 3.8) is 0 Å². The van der Waals surface area contributed by atoms with E-state index in [1.165, 1.54) is 51.4 Å². The Balaban J connectivity index is 4.89. The van der Waals surface area contributed by atoms with Gasteiger partial charge < -0.3 is 20.3 Å². The lowest BCUT2D eigenvalue weighted by atomic mass is 10.0. The Kier molecular flexibility index (Phi) is 44.0. The maximum atomic E-state index is 13.1. The first kappa shape index (κ1) is 57.0. The molecule has 0 aliphatic carbocycles. The van der Waals surface area contributed by atoms with Crippen LogP contribution in [-0.2, 0) is 14.3 Å². The Morgan fingerprint density at radius 1 is 0.525 bits per heavy atom. The van der Waals surface area contributed by atoms with Crippen molar-refractivity contribution in [2.45, 2.75) is 193 Å². The Morgan fingerprint density at radius 2 is 0.984 bits per heavy atom. The number of aliphatic hydroxyl groups excluding tert-OH is 2. The molecule has 0 heterocycles. The number of ether oxygens (including phenoxy) is 1. The van der Waals surface area contributed by atoms with E-state index in [4.69, 9.17) is 4.74 Å². The number of hydrogen-bond donors (Lipinski definition) is 3. The molecule has 61 heavy (non-hydrogen) atoms. The summed E-state index contributed by atoms with van der Waals surface area (Å²) in [7, 11) is 0. The van der Waals surface area contributed by atoms with Crippen LogP contribution in [-0.4, -0.2) is 46.9 Å². The Bertz CT molecular complexity index is 1360. The number of allylic oxidation sites excluding steroid dienone is 21. The van der Waals surface area contributed by atoms with Crippen molar-refractivity contribution in [2.24, 2.45) is 0 Å². The van der Waals surface area contributed by atoms with Crippen LogP contribution < -0.4 is 5.32 Å². The second-order valence-electron chi connectivity index (χ2n) is 15.5. The Labute approximate surface area is 373 Å². The Hall–Kier alpha value is -4.00. The molecule has 0 spiro atoms. The summed E-state index contributed by atoms with van der Waals surface area (Å²) in [5.41, 5.74) is 0. The summed E-state index contributed by atoms with van der Waals surface area (Å²) >= 11 is 0. The van der Waals surface area contributed by atoms with Gasteiger partial charge in [0.15, 0.2) is 0 Å². The SMILES string of the molecule is CC\C=C/C=C/C=C/C=C\C=C\C=C\CCCCCC(=O)OC(/C=C/C/C=C/C/C=C/C/C=C/C/C=C/CC)CC(=O)NC(CO)C(O)CCCCCCCCCCCCC. The number of carbonyl (C=O) groups is 2. The third kappa shape index (κ3) is 42.5. The molecule has 6 heteroatoms. The van der Waals surface area contributed by atoms with Gasteiger partial charge in [0.25, 0.3) is 0 Å². The van der Waals surface area contributed by atoms with Crippen LogP contribution in [0.25, 0.3) is 0 Å². The number of nitrogens with one attached hydrogen (secondary N) is 1. The maximum Gasteiger partial charge on any atom is 0.306 e. The summed E-state index contributed by atoms with van der Waals surface area (Å²) in [5.74, 6) is -0.697. The van der Waals surface area contributed by atoms with Gasteiger partial charge in [-0.2, -0.15) is 0 Å². The van der Waals surface area contributed by atoms with Gasteiger partial charge in [0, 0.05) is 6.42 Å². The molecule has 0 radical (unpaired) electrons. The van der Waals surface area contributed by atoms with E-state index in [2.05, 4.69) is 86.8 Å². The van der Waals surface area contributed by atoms with Crippen molar-refractivity contribution in [3.8, 4) is 0 Å². The van der Waals surface area contributed by atoms with Crippen LogP contribution in [0.1, 0.15) is 175 Å². The van der Waals surface area contributed by atoms with Crippen LogP contribution in [0.4, 0.5) is 0 Å². The van der Waals surface area contributed by atoms with Gasteiger partial charge in [0.05, 0.1) is 25.2 Å². The normalized spacial score (nSPS) is 14.5. The number of carbonyl (C=O) groups excluding carboxylic acids is 2. The third-order valence-electron chi connectivity index (χ3n) is 9.88. The zero-order valence-electron chi connectivity index (χ0n) is 38.7. The first-order valence-corrected chi connectivity index (χ1v) is 24.0. The fourth-order valence-electron chi connectivity index (χ4n) is 6.30. The molecule has 0 fully saturated rings. The first-order chi connectivity index (χ1) is 30.0. The molecule has 0 aromatic rings. The summed E-state index contributed by atoms with van der Waals surface area (Å²) in [4.78, 5) is 26.0. The molecule has 0 aromatic heterocycles. The number of aliphatic hydroxyl groups is 2. The van der Waals surface area contributed by atoms with E-state index in [9.17, 15) is 19.8 Å². The van der Waals surface area contributed by atoms with E-state index in [0.717, 1.165) is 70.6 Å². The third-order valence-corrected chi connectivity index (χ3v) is 9.88. The van der Waals surface area contributed by atoms with Crippen LogP contribution in [0.3, 0.4) is 0 Å². The van der Waals surface area contributed by atoms with E-state index >= 15 is 0 Å². The first-order valence-electron chi connectivity index (χ1n) is 24.0. The molecule has 0 saturated carbocycles. The minimum Gasteiger partial charge on any atom is -0.458 e. The number of hydrogen-bond acceptors (Lipinski definition) is 5. The maximum absolute atomic E-state index is 13.1. The molecule has 0 aliphatic rings. The smallest absolute Gasteiger partial charge is 0.306 e. The van der Waals surface area contributed by atoms with Crippen molar-refractivity contribution in [3.05, 3.63) is 134 Å². The second kappa shape index (κ2) is 47.1. The number of unbranched alkanes of at least 4 members (excludes halogenated alkanes) is 13. The monoisotopic (exact) mass is 842 g/mol. The fourth-order valence-corrected chi connectivity index (χ4v) is 6.30. The quantitative estimate of drug-likeness (QED) is 0.0247. The summed E-state index contributed by atoms with van der Waals surface area (Å²) in [5, 5.41) is 23.6. The average molecular weight is 842 g/mol. The topological polar surface area (TPSA) is 95.9 Å². The molecule has 0 saturated heterocycles. The van der Waals surface area contributed by atoms with Gasteiger partial charge in [-0.25, -0.2) is 0 Å². The van der Waals surface area contributed by atoms with Gasteiger partial charge in [-0.05, 0) is 70.3 Å². The molecule has 0 bridgehead atoms. The number of rotatable bonds is 40. The highest BCUT2D eigenvalue weighted by Gasteiger charge is 2.23. The minimum absolute atomic E-state index is 0.0738. The highest BCUT2D eigenvalue weighted by Crippen LogP contribution is 2.14. The molecular formula is C55H87NO5. The Morgan fingerprint density at radius 3 is 1.51 bits per heavy atom. The summed E-state index contributed by atoms with van der Waals surface area (Å²) in [6.07, 6.45) is 66.8. The zero-order chi connectivity index (χ0) is 44.5. The van der Waals surface area contributed by atoms with Crippen molar-refractivity contribution in [1.82, 2.24) is 5.32 Å². The molecule has 342 valence electrons. The molecule has 3 N–H and O–H groups in total. The number of amides is 1. The molecule has 1 amide bonds. The van der Waals surface area contributed by atoms with Gasteiger partial charge in [0.1, 0.15) is 6.10 Å². The van der Waals surface area contributed by atoms with Crippen molar-refractivity contribution < 1.29 is 24.5 Å². The summed E-state index contributed by atoms with van der Waals surface area (Å²) in [6.45, 7) is 6.14. The van der Waals surface area contributed by atoms with Gasteiger partial charge in [-0.3, -0.25) is 9.59 Å². The van der Waals surface area contributed by atoms with Crippen molar-refractivity contribution in [1.29, 1.82) is 0 Å². The van der Waals surface area contributed by atoms with E-state index in [0.29, 0.717) is 19.3 Å². The van der Waals surface area contributed by atoms with Gasteiger partial charge in [-0.1, -0.05) is 225 Å². The lowest BCUT2D eigenvalue weighted by Crippen LogP contribution is -2.46. The van der Waals surface area contributed by atoms with Crippen LogP contribution in [0.2, 0.25) is 0 Å². The average Bonchev–Trinajstić information content (AvgIpc) is 3.25. The van der Waals surface area contributed by atoms with Crippen LogP contribution in [0.15, 0.2) is 134 Å². The standard InChI is InChI=1S/C55H87NO5/c1-4-7-10-13-16-19-22-24-26-27-28-30-33-36-39-42-45-48-55(60)61-51(46-43-40-37-34-32-29-25-23-20-17-14-11-8-5-2)49-54(59)56-52(50-57)53(58)47-44-41-38-35-31-21-18-15-12-9-6-3/h7-8,10-11,13,16-17,19-20,22,24-30,33-34,37,43,46,51-53,57-58H,4-6,9,12,14-15,18,21,23,31-32,35-36,38-42,44-45,47-50H2,1-3H3,(H,56,59)/b10-7-,11-8+,16-13+,20-17+,22-19+,26-24-,28-27+,29-25+,33-30+,37-34+,46-43+. The molecule has 0 rings (SSSR count). The van der Waals surface area contributed by atoms with Crippen LogP contribution in [0, 0.1) is 0 Å². The molecular weight excluding hydrogens is 755 g/mol. The summed E-state index contributed by atoms with van der Waals surface area (Å²) < 4.78 is 5.78. The zero-order valence-corrected chi connectivity index (χ0v) is 38.7. The molecule has 0 aliphatic heterocycles. The lowest BCUT2D eigenvalue weighted by Gasteiger charge is -2.23. The van der Waals surface area contributed by atoms with Crippen LogP contribution in [0.5, 0.6) is 0 Å². The van der Waals surface area contributed by atoms with Gasteiger partial charge in [-0.15, -0.1) is 0 Å². The fraction of sp³-hybridized carbons (Fsp3) is 0.564. The van der Waals surface area contributed by atoms with Crippen molar-refractivity contribution in [2.75, 3.05) is 6.61 Å². The lowest BCUT2D eigenvalue weighted by molar-refractivity contribution is -0.148. The molecule has 3 atom stereocenters. The predicted octanol–water partition coefficient (Wildman–Crippen LogP) is 14.3. The molecule has 3 unspecified atom stereocenters. The van der Waals surface area contributed by atoms with Crippen molar-refractivity contribution >= 4 is 11.9 Å². The molecule has 6 nitrogen and oxygen atoms in total. The predicted molar refractivity (Wildman–Crippen MR) is 263 cm³/mol. The van der Waals surface area contributed by atoms with E-state index in [1.807, 2.05) is 66.8 Å². The largest absolute Gasteiger partial charge is 0.458 e. The molecule has 0 aromatic carbocycles. The minimum atomic E-state index is -0.835.